The second-order valence-corrected chi connectivity index (χ2v) is 9.38. The molecule has 2 heterocycles. The lowest BCUT2D eigenvalue weighted by Gasteiger charge is -2.19. The molecule has 5 aromatic rings. The lowest BCUT2D eigenvalue weighted by molar-refractivity contribution is -0.117. The van der Waals surface area contributed by atoms with Crippen LogP contribution >= 0.6 is 0 Å². The molecule has 186 valence electrons. The van der Waals surface area contributed by atoms with E-state index in [0.717, 1.165) is 38.5 Å². The molecule has 1 aliphatic carbocycles. The highest BCUT2D eigenvalue weighted by Gasteiger charge is 2.26. The Morgan fingerprint density at radius 3 is 2.71 bits per heavy atom. The summed E-state index contributed by atoms with van der Waals surface area (Å²) in [6.45, 7) is 2.49. The van der Waals surface area contributed by atoms with Crippen LogP contribution in [0.4, 0.5) is 5.69 Å². The topological polar surface area (TPSA) is 104 Å². The first kappa shape index (κ1) is 23.4. The molecule has 3 aromatic carbocycles. The summed E-state index contributed by atoms with van der Waals surface area (Å²) in [6.07, 6.45) is 6.75. The summed E-state index contributed by atoms with van der Waals surface area (Å²) < 4.78 is 0. The summed E-state index contributed by atoms with van der Waals surface area (Å²) in [5.74, 6) is -0.925. The van der Waals surface area contributed by atoms with Crippen LogP contribution in [0.5, 0.6) is 0 Å². The largest absolute Gasteiger partial charge is 0.361 e. The zero-order valence-electron chi connectivity index (χ0n) is 20.7. The van der Waals surface area contributed by atoms with Crippen molar-refractivity contribution in [3.8, 4) is 11.3 Å². The Labute approximate surface area is 218 Å². The van der Waals surface area contributed by atoms with E-state index in [0.29, 0.717) is 29.8 Å². The van der Waals surface area contributed by atoms with Gasteiger partial charge in [-0.25, -0.2) is 0 Å². The standard InChI is InChI=1S/C31H24N4O3/c1-18-5-8-26-24(15-18)20(17-34-26)12-13-32-27(36)9-10-28(37)35-21-6-7-22-25(16-21)31(38)23-4-2-3-19-11-14-33-30(22)29(19)23/h2-11,14-17,34H,12-13H2,1H3,(H,32,36)(H,35,37)/b10-9-. The van der Waals surface area contributed by atoms with Gasteiger partial charge < -0.3 is 15.6 Å². The number of benzene rings is 3. The van der Waals surface area contributed by atoms with E-state index in [9.17, 15) is 14.4 Å². The lowest BCUT2D eigenvalue weighted by Crippen LogP contribution is -2.24. The average molecular weight is 501 g/mol. The number of ketones is 1. The Hall–Kier alpha value is -5.04. The van der Waals surface area contributed by atoms with Crippen LogP contribution < -0.4 is 10.6 Å². The predicted molar refractivity (Wildman–Crippen MR) is 148 cm³/mol. The van der Waals surface area contributed by atoms with Crippen LogP contribution in [-0.4, -0.2) is 34.1 Å². The number of aromatic amines is 1. The summed E-state index contributed by atoms with van der Waals surface area (Å²) in [7, 11) is 0. The van der Waals surface area contributed by atoms with E-state index < -0.39 is 5.91 Å². The Morgan fingerprint density at radius 1 is 0.947 bits per heavy atom. The third-order valence-electron chi connectivity index (χ3n) is 6.83. The van der Waals surface area contributed by atoms with Crippen molar-refractivity contribution in [2.45, 2.75) is 13.3 Å². The second-order valence-electron chi connectivity index (χ2n) is 9.38. The molecule has 1 aliphatic rings. The number of aryl methyl sites for hydroxylation is 1. The third kappa shape index (κ3) is 4.24. The number of aromatic nitrogens is 2. The quantitative estimate of drug-likeness (QED) is 0.277. The van der Waals surface area contributed by atoms with E-state index in [4.69, 9.17) is 0 Å². The van der Waals surface area contributed by atoms with E-state index in [1.807, 2.05) is 37.4 Å². The van der Waals surface area contributed by atoms with Crippen molar-refractivity contribution in [3.63, 3.8) is 0 Å². The highest BCUT2D eigenvalue weighted by Crippen LogP contribution is 2.38. The van der Waals surface area contributed by atoms with Gasteiger partial charge in [0.15, 0.2) is 5.78 Å². The van der Waals surface area contributed by atoms with Crippen LogP contribution in [0, 0.1) is 6.92 Å². The number of amides is 2. The Bertz CT molecular complexity index is 1790. The van der Waals surface area contributed by atoms with E-state index >= 15 is 0 Å². The molecule has 7 nitrogen and oxygen atoms in total. The van der Waals surface area contributed by atoms with Crippen molar-refractivity contribution in [1.29, 1.82) is 0 Å². The van der Waals surface area contributed by atoms with Gasteiger partial charge in [-0.15, -0.1) is 0 Å². The van der Waals surface area contributed by atoms with Crippen molar-refractivity contribution < 1.29 is 14.4 Å². The number of hydrogen-bond acceptors (Lipinski definition) is 4. The molecule has 38 heavy (non-hydrogen) atoms. The fraction of sp³-hybridized carbons (Fsp3) is 0.0968. The van der Waals surface area contributed by atoms with Gasteiger partial charge in [0, 0.05) is 69.8 Å². The summed E-state index contributed by atoms with van der Waals surface area (Å²) >= 11 is 0. The highest BCUT2D eigenvalue weighted by atomic mass is 16.2. The summed E-state index contributed by atoms with van der Waals surface area (Å²) in [4.78, 5) is 45.7. The van der Waals surface area contributed by atoms with E-state index in [2.05, 4.69) is 32.7 Å². The maximum absolute atomic E-state index is 13.2. The molecule has 0 aliphatic heterocycles. The van der Waals surface area contributed by atoms with E-state index in [1.54, 1.807) is 30.5 Å². The van der Waals surface area contributed by atoms with Gasteiger partial charge in [0.25, 0.3) is 0 Å². The average Bonchev–Trinajstić information content (AvgIpc) is 3.32. The number of rotatable bonds is 6. The van der Waals surface area contributed by atoms with Crippen LogP contribution in [-0.2, 0) is 16.0 Å². The summed E-state index contributed by atoms with van der Waals surface area (Å²) in [6, 6.07) is 18.9. The van der Waals surface area contributed by atoms with Crippen molar-refractivity contribution in [2.75, 3.05) is 11.9 Å². The van der Waals surface area contributed by atoms with Crippen LogP contribution in [0.15, 0.2) is 85.2 Å². The number of nitrogens with zero attached hydrogens (tertiary/aromatic N) is 1. The minimum absolute atomic E-state index is 0.109. The highest BCUT2D eigenvalue weighted by molar-refractivity contribution is 6.25. The Morgan fingerprint density at radius 2 is 1.82 bits per heavy atom. The molecule has 0 radical (unpaired) electrons. The maximum atomic E-state index is 13.2. The van der Waals surface area contributed by atoms with Gasteiger partial charge in [-0.1, -0.05) is 29.8 Å². The van der Waals surface area contributed by atoms with Gasteiger partial charge in [0.2, 0.25) is 11.8 Å². The SMILES string of the molecule is Cc1ccc2[nH]cc(CCNC(=O)/C=C\C(=O)Nc3ccc4c(c3)C(=O)c3cccc5ccnc-4c35)c2c1. The molecule has 0 saturated carbocycles. The lowest BCUT2D eigenvalue weighted by atomic mass is 9.85. The van der Waals surface area contributed by atoms with Gasteiger partial charge in [-0.05, 0) is 60.7 Å². The summed E-state index contributed by atoms with van der Waals surface area (Å²) in [5.41, 5.74) is 6.41. The maximum Gasteiger partial charge on any atom is 0.248 e. The minimum atomic E-state index is -0.462. The van der Waals surface area contributed by atoms with E-state index in [1.165, 1.54) is 17.7 Å². The molecule has 6 rings (SSSR count). The van der Waals surface area contributed by atoms with Crippen molar-refractivity contribution >= 4 is 45.0 Å². The third-order valence-corrected chi connectivity index (χ3v) is 6.83. The van der Waals surface area contributed by atoms with Gasteiger partial charge in [-0.2, -0.15) is 0 Å². The molecular formula is C31H24N4O3. The Kier molecular flexibility index (Phi) is 5.81. The predicted octanol–water partition coefficient (Wildman–Crippen LogP) is 5.09. The van der Waals surface area contributed by atoms with Gasteiger partial charge in [-0.3, -0.25) is 19.4 Å². The van der Waals surface area contributed by atoms with Gasteiger partial charge >= 0.3 is 0 Å². The fourth-order valence-corrected chi connectivity index (χ4v) is 5.00. The van der Waals surface area contributed by atoms with Crippen molar-refractivity contribution in [2.24, 2.45) is 0 Å². The number of fused-ring (bicyclic) bond motifs is 3. The van der Waals surface area contributed by atoms with E-state index in [-0.39, 0.29) is 11.7 Å². The number of H-pyrrole nitrogens is 1. The molecule has 7 heteroatoms. The summed E-state index contributed by atoms with van der Waals surface area (Å²) in [5, 5.41) is 8.51. The Balaban J connectivity index is 1.09. The molecule has 0 fully saturated rings. The number of pyridine rings is 1. The molecule has 2 amide bonds. The van der Waals surface area contributed by atoms with Crippen molar-refractivity contribution in [3.05, 3.63) is 107 Å². The number of anilines is 1. The fourth-order valence-electron chi connectivity index (χ4n) is 5.00. The first-order chi connectivity index (χ1) is 18.5. The zero-order valence-corrected chi connectivity index (χ0v) is 20.7. The number of carbonyl (C=O) groups excluding carboxylic acids is 3. The number of carbonyl (C=O) groups is 3. The van der Waals surface area contributed by atoms with Crippen LogP contribution in [0.2, 0.25) is 0 Å². The second kappa shape index (κ2) is 9.44. The molecule has 3 N–H and O–H groups in total. The van der Waals surface area contributed by atoms with Crippen molar-refractivity contribution in [1.82, 2.24) is 15.3 Å². The monoisotopic (exact) mass is 500 g/mol. The van der Waals surface area contributed by atoms with Crippen LogP contribution in [0.1, 0.15) is 27.0 Å². The molecule has 0 spiro atoms. The molecule has 0 bridgehead atoms. The molecular weight excluding hydrogens is 476 g/mol. The zero-order chi connectivity index (χ0) is 26.2. The van der Waals surface area contributed by atoms with Crippen LogP contribution in [0.3, 0.4) is 0 Å². The molecule has 2 aromatic heterocycles. The smallest absolute Gasteiger partial charge is 0.248 e. The normalized spacial score (nSPS) is 12.2. The molecule has 0 atom stereocenters. The molecule has 0 saturated heterocycles. The van der Waals surface area contributed by atoms with Gasteiger partial charge in [0.05, 0.1) is 5.69 Å². The number of hydrogen-bond donors (Lipinski definition) is 3. The minimum Gasteiger partial charge on any atom is -0.361 e. The van der Waals surface area contributed by atoms with Gasteiger partial charge in [0.1, 0.15) is 0 Å². The molecule has 0 unspecified atom stereocenters. The first-order valence-corrected chi connectivity index (χ1v) is 12.4. The number of nitrogens with one attached hydrogen (secondary N) is 3. The first-order valence-electron chi connectivity index (χ1n) is 12.4. The van der Waals surface area contributed by atoms with Crippen LogP contribution in [0.25, 0.3) is 32.9 Å².